The van der Waals surface area contributed by atoms with Gasteiger partial charge in [0.2, 0.25) is 0 Å². The molecule has 0 aromatic heterocycles. The number of nitro benzene ring substituents is 1. The van der Waals surface area contributed by atoms with Gasteiger partial charge in [0, 0.05) is 12.1 Å². The molecule has 9 heteroatoms. The van der Waals surface area contributed by atoms with Crippen LogP contribution < -0.4 is 0 Å². The van der Waals surface area contributed by atoms with Crippen molar-refractivity contribution in [2.24, 2.45) is 0 Å². The van der Waals surface area contributed by atoms with E-state index in [4.69, 9.17) is 10.2 Å². The van der Waals surface area contributed by atoms with E-state index in [0.717, 1.165) is 24.3 Å². The van der Waals surface area contributed by atoms with Gasteiger partial charge in [0.15, 0.2) is 12.2 Å². The summed E-state index contributed by atoms with van der Waals surface area (Å²) in [5, 5.41) is 46.9. The van der Waals surface area contributed by atoms with Gasteiger partial charge in [0.1, 0.15) is 0 Å². The molecule has 4 N–H and O–H groups in total. The number of nitrogens with zero attached hydrogens (tertiary/aromatic N) is 1. The van der Waals surface area contributed by atoms with Gasteiger partial charge in [-0.3, -0.25) is 10.1 Å². The van der Waals surface area contributed by atoms with Crippen LogP contribution in [0, 0.1) is 10.1 Å². The first-order chi connectivity index (χ1) is 9.25. The largest absolute Gasteiger partial charge is 0.479 e. The van der Waals surface area contributed by atoms with Crippen LogP contribution in [-0.2, 0) is 9.59 Å². The van der Waals surface area contributed by atoms with Gasteiger partial charge >= 0.3 is 11.9 Å². The van der Waals surface area contributed by atoms with E-state index in [9.17, 15) is 29.9 Å². The molecular formula is C11H11NO8. The summed E-state index contributed by atoms with van der Waals surface area (Å²) in [5.74, 6) is -5.08. The fraction of sp³-hybridized carbons (Fsp3) is 0.273. The van der Waals surface area contributed by atoms with E-state index in [-0.39, 0.29) is 11.3 Å². The lowest BCUT2D eigenvalue weighted by Crippen LogP contribution is -2.39. The maximum absolute atomic E-state index is 10.8. The molecule has 1 rings (SSSR count). The molecule has 0 saturated heterocycles. The molecule has 1 aromatic carbocycles. The minimum absolute atomic E-state index is 0.0413. The zero-order valence-corrected chi connectivity index (χ0v) is 9.91. The van der Waals surface area contributed by atoms with Crippen LogP contribution in [0.4, 0.5) is 5.69 Å². The van der Waals surface area contributed by atoms with Crippen molar-refractivity contribution in [3.8, 4) is 0 Å². The molecule has 0 saturated carbocycles. The predicted octanol–water partition coefficient (Wildman–Crippen LogP) is -0.431. The van der Waals surface area contributed by atoms with Crippen molar-refractivity contribution in [2.45, 2.75) is 18.1 Å². The Hall–Kier alpha value is -2.52. The first-order valence-corrected chi connectivity index (χ1v) is 5.31. The van der Waals surface area contributed by atoms with Crippen molar-refractivity contribution in [2.75, 3.05) is 0 Å². The maximum Gasteiger partial charge on any atom is 0.333 e. The van der Waals surface area contributed by atoms with Gasteiger partial charge in [-0.2, -0.15) is 0 Å². The smallest absolute Gasteiger partial charge is 0.333 e. The monoisotopic (exact) mass is 285 g/mol. The zero-order valence-electron chi connectivity index (χ0n) is 9.91. The number of carboxylic acids is 2. The fourth-order valence-electron chi connectivity index (χ4n) is 1.66. The molecule has 9 nitrogen and oxygen atoms in total. The number of rotatable bonds is 6. The molecule has 0 radical (unpaired) electrons. The highest BCUT2D eigenvalue weighted by molar-refractivity contribution is 5.78. The number of hydrogen-bond donors (Lipinski definition) is 4. The van der Waals surface area contributed by atoms with Crippen LogP contribution in [-0.4, -0.2) is 49.5 Å². The number of aliphatic carboxylic acids is 2. The number of carbonyl (C=O) groups is 2. The van der Waals surface area contributed by atoms with Crippen molar-refractivity contribution in [1.29, 1.82) is 0 Å². The summed E-state index contributed by atoms with van der Waals surface area (Å²) < 4.78 is 0. The Labute approximate surface area is 111 Å². The first-order valence-electron chi connectivity index (χ1n) is 5.31. The van der Waals surface area contributed by atoms with Crippen molar-refractivity contribution < 1.29 is 34.9 Å². The number of nitro groups is 1. The number of hydrogen-bond acceptors (Lipinski definition) is 6. The number of aliphatic hydroxyl groups excluding tert-OH is 2. The molecule has 1 aromatic rings. The summed E-state index contributed by atoms with van der Waals surface area (Å²) in [6.45, 7) is 0. The second-order valence-corrected chi connectivity index (χ2v) is 3.94. The Morgan fingerprint density at radius 1 is 1.00 bits per heavy atom. The predicted molar refractivity (Wildman–Crippen MR) is 63.1 cm³/mol. The third kappa shape index (κ3) is 3.28. The van der Waals surface area contributed by atoms with Crippen LogP contribution in [0.2, 0.25) is 0 Å². The Morgan fingerprint density at radius 2 is 1.40 bits per heavy atom. The molecule has 0 spiro atoms. The summed E-state index contributed by atoms with van der Waals surface area (Å²) in [6, 6.07) is 4.21. The summed E-state index contributed by atoms with van der Waals surface area (Å²) in [4.78, 5) is 31.3. The number of carboxylic acid groups (broad SMARTS) is 2. The van der Waals surface area contributed by atoms with Crippen molar-refractivity contribution in [3.05, 3.63) is 39.9 Å². The zero-order chi connectivity index (χ0) is 15.4. The summed E-state index contributed by atoms with van der Waals surface area (Å²) >= 11 is 0. The number of aliphatic hydroxyl groups is 2. The molecular weight excluding hydrogens is 274 g/mol. The second kappa shape index (κ2) is 6.08. The van der Waals surface area contributed by atoms with E-state index >= 15 is 0 Å². The number of benzene rings is 1. The van der Waals surface area contributed by atoms with Crippen molar-refractivity contribution in [3.63, 3.8) is 0 Å². The van der Waals surface area contributed by atoms with Gasteiger partial charge in [-0.05, 0) is 5.56 Å². The van der Waals surface area contributed by atoms with Crippen LogP contribution in [0.25, 0.3) is 0 Å². The van der Waals surface area contributed by atoms with E-state index in [1.807, 2.05) is 0 Å². The van der Waals surface area contributed by atoms with Crippen molar-refractivity contribution in [1.82, 2.24) is 0 Å². The van der Waals surface area contributed by atoms with Crippen LogP contribution in [0.1, 0.15) is 11.5 Å². The van der Waals surface area contributed by atoms with E-state index in [0.29, 0.717) is 0 Å². The molecule has 0 heterocycles. The topological polar surface area (TPSA) is 158 Å². The SMILES string of the molecule is O=C(O)C(O)C(c1ccc([N+](=O)[O-])cc1)C(O)C(=O)O. The second-order valence-electron chi connectivity index (χ2n) is 3.94. The molecule has 0 amide bonds. The van der Waals surface area contributed by atoms with Crippen molar-refractivity contribution >= 4 is 17.6 Å². The van der Waals surface area contributed by atoms with E-state index in [1.54, 1.807) is 0 Å². The lowest BCUT2D eigenvalue weighted by Gasteiger charge is -2.22. The summed E-state index contributed by atoms with van der Waals surface area (Å²) in [5.41, 5.74) is -0.331. The van der Waals surface area contributed by atoms with Gasteiger partial charge in [0.05, 0.1) is 10.8 Å². The molecule has 2 unspecified atom stereocenters. The van der Waals surface area contributed by atoms with Gasteiger partial charge in [-0.25, -0.2) is 9.59 Å². The molecule has 0 aliphatic carbocycles. The lowest BCUT2D eigenvalue weighted by atomic mass is 9.88. The van der Waals surface area contributed by atoms with Crippen LogP contribution in [0.15, 0.2) is 24.3 Å². The summed E-state index contributed by atoms with van der Waals surface area (Å²) in [6.07, 6.45) is -4.33. The van der Waals surface area contributed by atoms with Gasteiger partial charge < -0.3 is 20.4 Å². The average Bonchev–Trinajstić information content (AvgIpc) is 2.39. The molecule has 108 valence electrons. The lowest BCUT2D eigenvalue weighted by molar-refractivity contribution is -0.384. The third-order valence-corrected chi connectivity index (χ3v) is 2.68. The molecule has 0 aliphatic rings. The third-order valence-electron chi connectivity index (χ3n) is 2.68. The van der Waals surface area contributed by atoms with E-state index in [2.05, 4.69) is 0 Å². The fourth-order valence-corrected chi connectivity index (χ4v) is 1.66. The first kappa shape index (κ1) is 15.5. The van der Waals surface area contributed by atoms with Gasteiger partial charge in [0.25, 0.3) is 5.69 Å². The molecule has 0 aliphatic heterocycles. The molecule has 2 atom stereocenters. The Bertz CT molecular complexity index is 506. The van der Waals surface area contributed by atoms with E-state index in [1.165, 1.54) is 0 Å². The Morgan fingerprint density at radius 3 is 1.70 bits per heavy atom. The van der Waals surface area contributed by atoms with E-state index < -0.39 is 35.0 Å². The average molecular weight is 285 g/mol. The highest BCUT2D eigenvalue weighted by Crippen LogP contribution is 2.26. The minimum atomic E-state index is -2.16. The van der Waals surface area contributed by atoms with Gasteiger partial charge in [-0.1, -0.05) is 12.1 Å². The van der Waals surface area contributed by atoms with Gasteiger partial charge in [-0.15, -0.1) is 0 Å². The maximum atomic E-state index is 10.8. The number of non-ortho nitro benzene ring substituents is 1. The quantitative estimate of drug-likeness (QED) is 0.404. The van der Waals surface area contributed by atoms with Crippen LogP contribution >= 0.6 is 0 Å². The Balaban J connectivity index is 3.19. The minimum Gasteiger partial charge on any atom is -0.479 e. The molecule has 20 heavy (non-hydrogen) atoms. The molecule has 0 bridgehead atoms. The van der Waals surface area contributed by atoms with Crippen LogP contribution in [0.3, 0.4) is 0 Å². The normalized spacial score (nSPS) is 15.1. The highest BCUT2D eigenvalue weighted by atomic mass is 16.6. The standard InChI is InChI=1S/C11H11NO8/c13-8(10(15)16)7(9(14)11(17)18)5-1-3-6(4-2-5)12(19)20/h1-4,7-9,13-14H,(H,15,16)(H,17,18). The molecule has 0 fully saturated rings. The Kier molecular flexibility index (Phi) is 4.73. The highest BCUT2D eigenvalue weighted by Gasteiger charge is 2.37. The van der Waals surface area contributed by atoms with Crippen LogP contribution in [0.5, 0.6) is 0 Å². The summed E-state index contributed by atoms with van der Waals surface area (Å²) in [7, 11) is 0.